The van der Waals surface area contributed by atoms with Gasteiger partial charge in [-0.2, -0.15) is 0 Å². The van der Waals surface area contributed by atoms with Gasteiger partial charge in [-0.25, -0.2) is 0 Å². The third kappa shape index (κ3) is 3.82. The molecular formula is C51H32O2. The van der Waals surface area contributed by atoms with Gasteiger partial charge in [-0.05, 0) is 77.8 Å². The van der Waals surface area contributed by atoms with Gasteiger partial charge < -0.3 is 8.83 Å². The lowest BCUT2D eigenvalue weighted by molar-refractivity contribution is 0.658. The van der Waals surface area contributed by atoms with Crippen molar-refractivity contribution in [2.45, 2.75) is 19.8 Å². The molecular weight excluding hydrogens is 645 g/mol. The largest absolute Gasteiger partial charge is 0.455 e. The quantitative estimate of drug-likeness (QED) is 0.138. The van der Waals surface area contributed by atoms with Crippen LogP contribution in [-0.2, 0) is 0 Å². The van der Waals surface area contributed by atoms with Crippen LogP contribution in [0.1, 0.15) is 25.3 Å². The lowest BCUT2D eigenvalue weighted by atomic mass is 9.85. The molecule has 0 N–H and O–H groups in total. The monoisotopic (exact) mass is 676 g/mol. The van der Waals surface area contributed by atoms with Crippen LogP contribution < -0.4 is 0 Å². The molecule has 0 aliphatic rings. The minimum absolute atomic E-state index is 0.359. The lowest BCUT2D eigenvalue weighted by Crippen LogP contribution is -1.91. The van der Waals surface area contributed by atoms with Crippen molar-refractivity contribution in [1.29, 1.82) is 0 Å². The van der Waals surface area contributed by atoms with Crippen LogP contribution in [0.5, 0.6) is 0 Å². The summed E-state index contributed by atoms with van der Waals surface area (Å²) in [6, 6.07) is 55.4. The van der Waals surface area contributed by atoms with E-state index in [1.165, 1.54) is 86.9 Å². The normalized spacial score (nSPS) is 12.5. The molecule has 0 saturated heterocycles. The summed E-state index contributed by atoms with van der Waals surface area (Å²) in [6.45, 7) is 4.47. The Morgan fingerprint density at radius 1 is 0.377 bits per heavy atom. The van der Waals surface area contributed by atoms with Crippen molar-refractivity contribution in [3.05, 3.63) is 157 Å². The van der Waals surface area contributed by atoms with Crippen LogP contribution in [0, 0.1) is 0 Å². The highest BCUT2D eigenvalue weighted by Gasteiger charge is 2.23. The maximum atomic E-state index is 6.89. The third-order valence-corrected chi connectivity index (χ3v) is 11.8. The molecule has 10 aromatic carbocycles. The fraction of sp³-hybridized carbons (Fsp3) is 0.0588. The highest BCUT2D eigenvalue weighted by atomic mass is 16.3. The van der Waals surface area contributed by atoms with Crippen molar-refractivity contribution in [1.82, 2.24) is 0 Å². The zero-order valence-electron chi connectivity index (χ0n) is 29.3. The summed E-state index contributed by atoms with van der Waals surface area (Å²) in [5.74, 6) is 0.359. The predicted octanol–water partition coefficient (Wildman–Crippen LogP) is 15.1. The minimum atomic E-state index is 0.359. The Bertz CT molecular complexity index is 3430. The number of hydrogen-bond donors (Lipinski definition) is 0. The van der Waals surface area contributed by atoms with Gasteiger partial charge in [-0.1, -0.05) is 153 Å². The first-order valence-electron chi connectivity index (χ1n) is 18.5. The summed E-state index contributed by atoms with van der Waals surface area (Å²) in [6.07, 6.45) is 0. The Balaban J connectivity index is 1.18. The molecule has 0 amide bonds. The van der Waals surface area contributed by atoms with Gasteiger partial charge in [0, 0.05) is 43.4 Å². The number of fused-ring (bicyclic) bond motifs is 10. The predicted molar refractivity (Wildman–Crippen MR) is 225 cm³/mol. The molecule has 2 aromatic heterocycles. The standard InChI is InChI=1S/C51H32O2/c1-28(2)32-17-9-18-37-38-19-10-22-41(50(38)53-49(32)37)47-35-15-5-3-13-33(35)44(34-14-4-6-16-36(34)47)31-25-26-43-42(27-31)48-39-20-7-11-29-23-24-30-12-8-21-40(51(48)52-43)46(30)45(29)39/h3-28H,1-2H3. The second kappa shape index (κ2) is 10.5. The summed E-state index contributed by atoms with van der Waals surface area (Å²) in [4.78, 5) is 0. The first kappa shape index (κ1) is 29.0. The Hall–Kier alpha value is -6.64. The third-order valence-electron chi connectivity index (χ3n) is 11.8. The summed E-state index contributed by atoms with van der Waals surface area (Å²) in [5.41, 5.74) is 9.75. The van der Waals surface area contributed by atoms with E-state index in [4.69, 9.17) is 8.83 Å². The molecule has 12 aromatic rings. The SMILES string of the molecule is CC(C)c1cccc2c1oc1c(-c3c4ccccc4c(-c4ccc5oc6c7cccc8ccc9cccc(c6c5c4)c9c87)c4ccccc34)cccc12. The summed E-state index contributed by atoms with van der Waals surface area (Å²) in [7, 11) is 0. The van der Waals surface area contributed by atoms with Crippen molar-refractivity contribution in [2.24, 2.45) is 0 Å². The number of rotatable bonds is 3. The minimum Gasteiger partial charge on any atom is -0.455 e. The highest BCUT2D eigenvalue weighted by Crippen LogP contribution is 2.49. The molecule has 0 unspecified atom stereocenters. The molecule has 2 nitrogen and oxygen atoms in total. The van der Waals surface area contributed by atoms with Crippen LogP contribution in [0.3, 0.4) is 0 Å². The van der Waals surface area contributed by atoms with E-state index in [0.29, 0.717) is 5.92 Å². The van der Waals surface area contributed by atoms with E-state index in [0.717, 1.165) is 38.7 Å². The number of benzene rings is 10. The molecule has 0 spiro atoms. The second-order valence-electron chi connectivity index (χ2n) is 14.9. The van der Waals surface area contributed by atoms with Gasteiger partial charge in [0.15, 0.2) is 0 Å². The van der Waals surface area contributed by atoms with E-state index < -0.39 is 0 Å². The first-order chi connectivity index (χ1) is 26.1. The van der Waals surface area contributed by atoms with Crippen molar-refractivity contribution in [3.63, 3.8) is 0 Å². The molecule has 0 saturated carbocycles. The second-order valence-corrected chi connectivity index (χ2v) is 14.9. The van der Waals surface area contributed by atoms with E-state index in [1.54, 1.807) is 0 Å². The average Bonchev–Trinajstić information content (AvgIpc) is 3.78. The van der Waals surface area contributed by atoms with E-state index in [1.807, 2.05) is 0 Å². The molecule has 0 aliphatic carbocycles. The van der Waals surface area contributed by atoms with E-state index in [2.05, 4.69) is 166 Å². The van der Waals surface area contributed by atoms with Crippen molar-refractivity contribution >= 4 is 97.7 Å². The molecule has 0 radical (unpaired) electrons. The fourth-order valence-electron chi connectivity index (χ4n) is 9.49. The molecule has 0 aliphatic heterocycles. The molecule has 53 heavy (non-hydrogen) atoms. The lowest BCUT2D eigenvalue weighted by Gasteiger charge is -2.18. The maximum Gasteiger partial charge on any atom is 0.143 e. The van der Waals surface area contributed by atoms with Crippen LogP contribution in [0.15, 0.2) is 160 Å². The molecule has 0 fully saturated rings. The van der Waals surface area contributed by atoms with Gasteiger partial charge in [0.1, 0.15) is 22.3 Å². The van der Waals surface area contributed by atoms with Crippen molar-refractivity contribution < 1.29 is 8.83 Å². The van der Waals surface area contributed by atoms with Crippen molar-refractivity contribution in [3.8, 4) is 22.3 Å². The molecule has 2 heteroatoms. The van der Waals surface area contributed by atoms with Gasteiger partial charge >= 0.3 is 0 Å². The molecule has 248 valence electrons. The Morgan fingerprint density at radius 3 is 1.64 bits per heavy atom. The van der Waals surface area contributed by atoms with Gasteiger partial charge in [0.05, 0.1) is 0 Å². The zero-order valence-corrected chi connectivity index (χ0v) is 29.3. The molecule has 2 heterocycles. The summed E-state index contributed by atoms with van der Waals surface area (Å²) in [5, 5.41) is 17.0. The van der Waals surface area contributed by atoms with Gasteiger partial charge in [-0.15, -0.1) is 0 Å². The molecule has 12 rings (SSSR count). The van der Waals surface area contributed by atoms with E-state index in [9.17, 15) is 0 Å². The van der Waals surface area contributed by atoms with Gasteiger partial charge in [-0.3, -0.25) is 0 Å². The Kier molecular flexibility index (Phi) is 5.72. The number of para-hydroxylation sites is 2. The fourth-order valence-corrected chi connectivity index (χ4v) is 9.49. The zero-order chi connectivity index (χ0) is 34.9. The summed E-state index contributed by atoms with van der Waals surface area (Å²) < 4.78 is 13.7. The number of furan rings is 2. The average molecular weight is 677 g/mol. The van der Waals surface area contributed by atoms with Crippen LogP contribution in [0.2, 0.25) is 0 Å². The van der Waals surface area contributed by atoms with Crippen LogP contribution >= 0.6 is 0 Å². The van der Waals surface area contributed by atoms with Gasteiger partial charge in [0.2, 0.25) is 0 Å². The van der Waals surface area contributed by atoms with Crippen LogP contribution in [0.4, 0.5) is 0 Å². The van der Waals surface area contributed by atoms with Gasteiger partial charge in [0.25, 0.3) is 0 Å². The smallest absolute Gasteiger partial charge is 0.143 e. The highest BCUT2D eigenvalue weighted by molar-refractivity contribution is 6.37. The topological polar surface area (TPSA) is 26.3 Å². The number of hydrogen-bond acceptors (Lipinski definition) is 2. The molecule has 0 atom stereocenters. The van der Waals surface area contributed by atoms with E-state index in [-0.39, 0.29) is 0 Å². The van der Waals surface area contributed by atoms with Crippen LogP contribution in [0.25, 0.3) is 120 Å². The Morgan fingerprint density at radius 2 is 0.943 bits per heavy atom. The summed E-state index contributed by atoms with van der Waals surface area (Å²) >= 11 is 0. The van der Waals surface area contributed by atoms with Crippen molar-refractivity contribution in [2.75, 3.05) is 0 Å². The molecule has 0 bridgehead atoms. The van der Waals surface area contributed by atoms with Crippen LogP contribution in [-0.4, -0.2) is 0 Å². The first-order valence-corrected chi connectivity index (χ1v) is 18.5. The Labute approximate surface area is 304 Å². The maximum absolute atomic E-state index is 6.89. The van der Waals surface area contributed by atoms with E-state index >= 15 is 0 Å².